The first-order chi connectivity index (χ1) is 24.3. The molecule has 0 amide bonds. The molecule has 49 heavy (non-hydrogen) atoms. The van der Waals surface area contributed by atoms with E-state index in [0.717, 1.165) is 32.8 Å². The summed E-state index contributed by atoms with van der Waals surface area (Å²) in [6.07, 6.45) is 0. The van der Waals surface area contributed by atoms with Gasteiger partial charge in [-0.1, -0.05) is 152 Å². The summed E-state index contributed by atoms with van der Waals surface area (Å²) in [7, 11) is 0. The van der Waals surface area contributed by atoms with Gasteiger partial charge in [0, 0.05) is 42.4 Å². The average Bonchev–Trinajstić information content (AvgIpc) is 3.56. The number of aromatic nitrogens is 3. The number of hydrogen-bond donors (Lipinski definition) is 0. The summed E-state index contributed by atoms with van der Waals surface area (Å²) in [5.41, 5.74) is 5.43. The van der Waals surface area contributed by atoms with Crippen LogP contribution in [0.3, 0.4) is 0 Å². The summed E-state index contributed by atoms with van der Waals surface area (Å²) in [6.45, 7) is 0. The Labute approximate surface area is 286 Å². The predicted octanol–water partition coefficient (Wildman–Crippen LogP) is 12.4. The first-order valence-electron chi connectivity index (χ1n) is 16.5. The number of fused-ring (bicyclic) bond motifs is 7. The first-order valence-corrected chi connectivity index (χ1v) is 17.3. The highest BCUT2D eigenvalue weighted by Crippen LogP contribution is 2.49. The molecule has 2 aromatic heterocycles. The number of thiophene rings is 1. The molecular weight excluding hydrogens is 615 g/mol. The maximum atomic E-state index is 5.43. The van der Waals surface area contributed by atoms with Gasteiger partial charge in [-0.2, -0.15) is 0 Å². The highest BCUT2D eigenvalue weighted by molar-refractivity contribution is 7.26. The van der Waals surface area contributed by atoms with Gasteiger partial charge < -0.3 is 0 Å². The van der Waals surface area contributed by atoms with Gasteiger partial charge in [0.1, 0.15) is 0 Å². The predicted molar refractivity (Wildman–Crippen MR) is 207 cm³/mol. The third-order valence-electron chi connectivity index (χ3n) is 9.50. The minimum atomic E-state index is 0.654. The molecule has 0 saturated carbocycles. The van der Waals surface area contributed by atoms with Crippen molar-refractivity contribution in [2.45, 2.75) is 0 Å². The fourth-order valence-electron chi connectivity index (χ4n) is 7.33. The van der Waals surface area contributed by atoms with Crippen molar-refractivity contribution in [2.24, 2.45) is 0 Å². The molecular formula is C45H27N3S. The average molecular weight is 642 g/mol. The second-order valence-corrected chi connectivity index (χ2v) is 13.4. The summed E-state index contributed by atoms with van der Waals surface area (Å²) in [4.78, 5) is 16.0. The topological polar surface area (TPSA) is 38.7 Å². The van der Waals surface area contributed by atoms with Crippen molar-refractivity contribution in [3.63, 3.8) is 0 Å². The van der Waals surface area contributed by atoms with Crippen molar-refractivity contribution in [3.8, 4) is 45.3 Å². The number of hydrogen-bond acceptors (Lipinski definition) is 4. The van der Waals surface area contributed by atoms with E-state index in [0.29, 0.717) is 17.5 Å². The second-order valence-electron chi connectivity index (χ2n) is 12.3. The highest BCUT2D eigenvalue weighted by atomic mass is 32.1. The zero-order valence-electron chi connectivity index (χ0n) is 26.3. The Morgan fingerprint density at radius 1 is 0.367 bits per heavy atom. The summed E-state index contributed by atoms with van der Waals surface area (Å²) in [5, 5.41) is 9.36. The van der Waals surface area contributed by atoms with Gasteiger partial charge in [0.2, 0.25) is 0 Å². The van der Waals surface area contributed by atoms with Crippen LogP contribution in [-0.4, -0.2) is 15.0 Å². The van der Waals surface area contributed by atoms with E-state index >= 15 is 0 Å². The molecule has 0 aliphatic rings. The lowest BCUT2D eigenvalue weighted by molar-refractivity contribution is 1.08. The Kier molecular flexibility index (Phi) is 6.36. The van der Waals surface area contributed by atoms with Gasteiger partial charge in [-0.15, -0.1) is 11.3 Å². The first kappa shape index (κ1) is 27.8. The maximum absolute atomic E-state index is 5.43. The molecule has 3 nitrogen and oxygen atoms in total. The molecule has 2 heterocycles. The van der Waals surface area contributed by atoms with E-state index in [1.54, 1.807) is 0 Å². The molecule has 228 valence electrons. The molecule has 0 saturated heterocycles. The molecule has 0 spiro atoms. The Hall–Kier alpha value is -6.23. The largest absolute Gasteiger partial charge is 0.208 e. The van der Waals surface area contributed by atoms with Gasteiger partial charge in [0.05, 0.1) is 0 Å². The van der Waals surface area contributed by atoms with Crippen LogP contribution in [0.5, 0.6) is 0 Å². The van der Waals surface area contributed by atoms with Gasteiger partial charge in [0.15, 0.2) is 17.5 Å². The summed E-state index contributed by atoms with van der Waals surface area (Å²) < 4.78 is 2.48. The molecule has 0 aliphatic heterocycles. The van der Waals surface area contributed by atoms with E-state index in [1.807, 2.05) is 29.5 Å². The Bertz CT molecular complexity index is 2880. The van der Waals surface area contributed by atoms with Gasteiger partial charge in [-0.05, 0) is 50.0 Å². The Morgan fingerprint density at radius 3 is 1.65 bits per heavy atom. The van der Waals surface area contributed by atoms with Crippen LogP contribution in [0.4, 0.5) is 0 Å². The van der Waals surface area contributed by atoms with E-state index in [9.17, 15) is 0 Å². The maximum Gasteiger partial charge on any atom is 0.165 e. The second kappa shape index (κ2) is 11.2. The summed E-state index contributed by atoms with van der Waals surface area (Å²) in [5.74, 6) is 1.99. The van der Waals surface area contributed by atoms with Crippen molar-refractivity contribution in [1.29, 1.82) is 0 Å². The molecule has 0 bridgehead atoms. The number of benzene rings is 8. The molecule has 8 aromatic carbocycles. The molecule has 10 rings (SSSR count). The minimum Gasteiger partial charge on any atom is -0.208 e. The van der Waals surface area contributed by atoms with Crippen LogP contribution in [0.25, 0.3) is 97.8 Å². The smallest absolute Gasteiger partial charge is 0.165 e. The van der Waals surface area contributed by atoms with Crippen LogP contribution in [0, 0.1) is 0 Å². The lowest BCUT2D eigenvalue weighted by Crippen LogP contribution is -2.02. The lowest BCUT2D eigenvalue weighted by Gasteiger charge is -2.16. The van der Waals surface area contributed by atoms with Crippen LogP contribution in [0.15, 0.2) is 164 Å². The van der Waals surface area contributed by atoms with Gasteiger partial charge >= 0.3 is 0 Å². The zero-order chi connectivity index (χ0) is 32.3. The van der Waals surface area contributed by atoms with Crippen LogP contribution in [-0.2, 0) is 0 Å². The Morgan fingerprint density at radius 2 is 0.898 bits per heavy atom. The molecule has 0 N–H and O–H groups in total. The number of rotatable bonds is 4. The van der Waals surface area contributed by atoms with Crippen molar-refractivity contribution < 1.29 is 0 Å². The zero-order valence-corrected chi connectivity index (χ0v) is 27.2. The van der Waals surface area contributed by atoms with E-state index in [4.69, 9.17) is 15.0 Å². The van der Waals surface area contributed by atoms with Crippen LogP contribution >= 0.6 is 11.3 Å². The van der Waals surface area contributed by atoms with Gasteiger partial charge in [-0.3, -0.25) is 0 Å². The fourth-order valence-corrected chi connectivity index (χ4v) is 8.62. The summed E-state index contributed by atoms with van der Waals surface area (Å²) in [6, 6.07) is 57.8. The van der Waals surface area contributed by atoms with E-state index < -0.39 is 0 Å². The molecule has 4 heteroatoms. The summed E-state index contributed by atoms with van der Waals surface area (Å²) >= 11 is 1.84. The molecule has 0 fully saturated rings. The third-order valence-corrected chi connectivity index (χ3v) is 10.7. The molecule has 0 aliphatic carbocycles. The van der Waals surface area contributed by atoms with Crippen molar-refractivity contribution in [2.75, 3.05) is 0 Å². The van der Waals surface area contributed by atoms with Crippen molar-refractivity contribution >= 4 is 63.8 Å². The quantitative estimate of drug-likeness (QED) is 0.180. The number of nitrogens with zero attached hydrogens (tertiary/aromatic N) is 3. The minimum absolute atomic E-state index is 0.654. The van der Waals surface area contributed by atoms with E-state index in [1.165, 1.54) is 47.5 Å². The van der Waals surface area contributed by atoms with Crippen LogP contribution < -0.4 is 0 Å². The Balaban J connectivity index is 1.37. The van der Waals surface area contributed by atoms with Crippen LogP contribution in [0.2, 0.25) is 0 Å². The molecule has 0 radical (unpaired) electrons. The van der Waals surface area contributed by atoms with Gasteiger partial charge in [0.25, 0.3) is 0 Å². The molecule has 0 unspecified atom stereocenters. The van der Waals surface area contributed by atoms with Crippen LogP contribution in [0.1, 0.15) is 0 Å². The standard InChI is InChI=1S/C45H27N3S/c1-3-15-28(16-4-1)39-34-23-11-12-24-35(34)41(40-36-25-13-14-26-38(36)49-42(39)40)45-47-43(29-17-5-2-6-18-29)46-44(48-45)37-27-30-19-7-8-20-31(30)32-21-9-10-22-33(32)37/h1-27H. The SMILES string of the molecule is c1ccc(-c2nc(-c3cc4ccccc4c4ccccc34)nc(-c3c4ccccc4c(-c4ccccc4)c4sc5ccccc5c34)n2)cc1. The third kappa shape index (κ3) is 4.46. The highest BCUT2D eigenvalue weighted by Gasteiger charge is 2.24. The lowest BCUT2D eigenvalue weighted by atomic mass is 9.91. The van der Waals surface area contributed by atoms with E-state index in [-0.39, 0.29) is 0 Å². The van der Waals surface area contributed by atoms with Gasteiger partial charge in [-0.25, -0.2) is 15.0 Å². The molecule has 10 aromatic rings. The van der Waals surface area contributed by atoms with Crippen molar-refractivity contribution in [1.82, 2.24) is 15.0 Å². The molecule has 0 atom stereocenters. The van der Waals surface area contributed by atoms with Crippen molar-refractivity contribution in [3.05, 3.63) is 164 Å². The normalized spacial score (nSPS) is 11.7. The fraction of sp³-hybridized carbons (Fsp3) is 0. The monoisotopic (exact) mass is 641 g/mol. The van der Waals surface area contributed by atoms with E-state index in [2.05, 4.69) is 146 Å².